The number of fused-ring (bicyclic) bond motifs is 1. The minimum absolute atomic E-state index is 0.0541. The van der Waals surface area contributed by atoms with E-state index in [1.54, 1.807) is 30.5 Å². The lowest BCUT2D eigenvalue weighted by Crippen LogP contribution is -2.32. The van der Waals surface area contributed by atoms with Crippen molar-refractivity contribution in [2.24, 2.45) is 5.41 Å². The van der Waals surface area contributed by atoms with Crippen molar-refractivity contribution >= 4 is 20.9 Å². The molecule has 2 aromatic carbocycles. The minimum atomic E-state index is -4.51. The third kappa shape index (κ3) is 5.15. The lowest BCUT2D eigenvalue weighted by molar-refractivity contribution is -0.137. The van der Waals surface area contributed by atoms with E-state index in [-0.39, 0.29) is 11.0 Å². The Morgan fingerprint density at radius 2 is 1.76 bits per heavy atom. The van der Waals surface area contributed by atoms with Crippen LogP contribution >= 0.6 is 0 Å². The van der Waals surface area contributed by atoms with Crippen LogP contribution in [-0.4, -0.2) is 24.9 Å². The number of rotatable bonds is 7. The molecule has 1 aliphatic rings. The van der Waals surface area contributed by atoms with Gasteiger partial charge in [0.25, 0.3) is 0 Å². The highest BCUT2D eigenvalue weighted by Gasteiger charge is 2.38. The van der Waals surface area contributed by atoms with Gasteiger partial charge in [-0.15, -0.1) is 0 Å². The van der Waals surface area contributed by atoms with Crippen molar-refractivity contribution in [3.8, 4) is 11.1 Å². The van der Waals surface area contributed by atoms with Gasteiger partial charge in [0.2, 0.25) is 10.0 Å². The molecule has 4 nitrogen and oxygen atoms in total. The first kappa shape index (κ1) is 24.7. The van der Waals surface area contributed by atoms with Gasteiger partial charge in [0.1, 0.15) is 6.67 Å². The fraction of sp³-hybridized carbons (Fsp3) is 0.440. The van der Waals surface area contributed by atoms with Crippen molar-refractivity contribution in [3.05, 3.63) is 59.8 Å². The summed E-state index contributed by atoms with van der Waals surface area (Å²) in [5, 5.41) is 0.119. The number of nitrogens with zero attached hydrogens (tertiary/aromatic N) is 1. The molecule has 1 heterocycles. The lowest BCUT2D eigenvalue weighted by Gasteiger charge is -2.20. The summed E-state index contributed by atoms with van der Waals surface area (Å²) in [6.45, 7) is 5.64. The number of nitrogens with one attached hydrogen (secondary N) is 1. The number of hydrogen-bond donors (Lipinski definition) is 1. The molecule has 0 spiro atoms. The van der Waals surface area contributed by atoms with Crippen LogP contribution in [0.4, 0.5) is 17.6 Å². The standard InChI is InChI=1S/C25H28F4N2O2S/c1-24(2,3)15-31-14-20(22(13-26)30-34(32,33)17-9-10-17)19-11-8-16(12-23(19)31)18-6-4-5-7-21(18)25(27,28)29/h4-8,11-12,14,17,22,30H,9-10,13,15H2,1-3H3/t22-/m1/s1. The average Bonchev–Trinajstić information content (AvgIpc) is 3.55. The highest BCUT2D eigenvalue weighted by atomic mass is 32.2. The first-order chi connectivity index (χ1) is 15.8. The fourth-order valence-electron chi connectivity index (χ4n) is 4.24. The normalized spacial score (nSPS) is 16.2. The van der Waals surface area contributed by atoms with Gasteiger partial charge in [-0.05, 0) is 47.1 Å². The van der Waals surface area contributed by atoms with E-state index in [1.807, 2.05) is 25.3 Å². The first-order valence-corrected chi connectivity index (χ1v) is 12.7. The number of sulfonamides is 1. The van der Waals surface area contributed by atoms with Crippen LogP contribution in [0.3, 0.4) is 0 Å². The van der Waals surface area contributed by atoms with Gasteiger partial charge < -0.3 is 4.57 Å². The van der Waals surface area contributed by atoms with E-state index in [0.717, 1.165) is 6.07 Å². The molecule has 9 heteroatoms. The molecule has 1 atom stereocenters. The van der Waals surface area contributed by atoms with Gasteiger partial charge in [-0.25, -0.2) is 17.5 Å². The zero-order chi connectivity index (χ0) is 24.9. The zero-order valence-electron chi connectivity index (χ0n) is 19.3. The van der Waals surface area contributed by atoms with Crippen molar-refractivity contribution in [3.63, 3.8) is 0 Å². The van der Waals surface area contributed by atoms with Gasteiger partial charge in [-0.1, -0.05) is 51.1 Å². The molecular formula is C25H28F4N2O2S. The molecule has 1 aliphatic carbocycles. The molecule has 0 aliphatic heterocycles. The summed E-state index contributed by atoms with van der Waals surface area (Å²) in [5.41, 5.74) is 0.628. The monoisotopic (exact) mass is 496 g/mol. The Balaban J connectivity index is 1.85. The SMILES string of the molecule is CC(C)(C)Cn1cc([C@@H](CF)NS(=O)(=O)C2CC2)c2ccc(-c3ccccc3C(F)(F)F)cc21. The van der Waals surface area contributed by atoms with Crippen molar-refractivity contribution in [1.82, 2.24) is 9.29 Å². The molecule has 1 aromatic heterocycles. The van der Waals surface area contributed by atoms with E-state index in [1.165, 1.54) is 12.1 Å². The van der Waals surface area contributed by atoms with Gasteiger partial charge in [-0.2, -0.15) is 13.2 Å². The van der Waals surface area contributed by atoms with Crippen molar-refractivity contribution < 1.29 is 26.0 Å². The maximum absolute atomic E-state index is 14.1. The van der Waals surface area contributed by atoms with Crippen molar-refractivity contribution in [2.75, 3.05) is 6.67 Å². The van der Waals surface area contributed by atoms with Crippen LogP contribution in [0.2, 0.25) is 0 Å². The van der Waals surface area contributed by atoms with Gasteiger partial charge >= 0.3 is 6.18 Å². The molecule has 3 aromatic rings. The summed E-state index contributed by atoms with van der Waals surface area (Å²) in [6.07, 6.45) is -1.68. The Hall–Kier alpha value is -2.39. The summed E-state index contributed by atoms with van der Waals surface area (Å²) in [6, 6.07) is 9.20. The third-order valence-corrected chi connectivity index (χ3v) is 7.86. The quantitative estimate of drug-likeness (QED) is 0.382. The number of alkyl halides is 4. The largest absolute Gasteiger partial charge is 0.417 e. The molecule has 1 N–H and O–H groups in total. The highest BCUT2D eigenvalue weighted by molar-refractivity contribution is 7.90. The smallest absolute Gasteiger partial charge is 0.347 e. The number of halogens is 4. The Kier molecular flexibility index (Phi) is 6.31. The second-order valence-electron chi connectivity index (χ2n) is 10.1. The second-order valence-corrected chi connectivity index (χ2v) is 12.1. The van der Waals surface area contributed by atoms with Gasteiger partial charge in [0.15, 0.2) is 0 Å². The number of aromatic nitrogens is 1. The van der Waals surface area contributed by atoms with Crippen molar-refractivity contribution in [1.29, 1.82) is 0 Å². The third-order valence-electron chi connectivity index (χ3n) is 5.90. The molecule has 1 saturated carbocycles. The molecule has 184 valence electrons. The Bertz CT molecular complexity index is 1300. The predicted octanol–water partition coefficient (Wildman–Crippen LogP) is 6.47. The van der Waals surface area contributed by atoms with Gasteiger partial charge in [0, 0.05) is 23.6 Å². The molecule has 0 radical (unpaired) electrons. The van der Waals surface area contributed by atoms with Crippen LogP contribution in [0.25, 0.3) is 22.0 Å². The van der Waals surface area contributed by atoms with Crippen LogP contribution in [0, 0.1) is 5.41 Å². The maximum Gasteiger partial charge on any atom is 0.417 e. The Labute approximate surface area is 197 Å². The fourth-order valence-corrected chi connectivity index (χ4v) is 5.78. The summed E-state index contributed by atoms with van der Waals surface area (Å²) < 4.78 is 84.3. The molecule has 0 bridgehead atoms. The van der Waals surface area contributed by atoms with E-state index >= 15 is 0 Å². The minimum Gasteiger partial charge on any atom is -0.347 e. The van der Waals surface area contributed by atoms with Crippen LogP contribution in [0.1, 0.15) is 50.8 Å². The van der Waals surface area contributed by atoms with Crippen LogP contribution in [0.15, 0.2) is 48.7 Å². The van der Waals surface area contributed by atoms with Crippen molar-refractivity contribution in [2.45, 2.75) is 57.6 Å². The topological polar surface area (TPSA) is 51.1 Å². The zero-order valence-corrected chi connectivity index (χ0v) is 20.1. The van der Waals surface area contributed by atoms with Crippen LogP contribution in [-0.2, 0) is 22.7 Å². The summed E-state index contributed by atoms with van der Waals surface area (Å²) in [7, 11) is -3.64. The van der Waals surface area contributed by atoms with E-state index in [4.69, 9.17) is 0 Å². The first-order valence-electron chi connectivity index (χ1n) is 11.2. The predicted molar refractivity (Wildman–Crippen MR) is 126 cm³/mol. The van der Waals surface area contributed by atoms with Crippen LogP contribution < -0.4 is 4.72 Å². The molecule has 4 rings (SSSR count). The summed E-state index contributed by atoms with van der Waals surface area (Å²) in [5.74, 6) is 0. The summed E-state index contributed by atoms with van der Waals surface area (Å²) in [4.78, 5) is 0. The lowest BCUT2D eigenvalue weighted by atomic mass is 9.96. The van der Waals surface area contributed by atoms with E-state index in [0.29, 0.717) is 41.4 Å². The number of hydrogen-bond acceptors (Lipinski definition) is 2. The molecule has 34 heavy (non-hydrogen) atoms. The van der Waals surface area contributed by atoms with Gasteiger partial charge in [0.05, 0.1) is 16.9 Å². The van der Waals surface area contributed by atoms with Crippen LogP contribution in [0.5, 0.6) is 0 Å². The Morgan fingerprint density at radius 3 is 2.35 bits per heavy atom. The summed E-state index contributed by atoms with van der Waals surface area (Å²) >= 11 is 0. The molecule has 0 unspecified atom stereocenters. The second kappa shape index (κ2) is 8.68. The maximum atomic E-state index is 14.1. The van der Waals surface area contributed by atoms with E-state index in [9.17, 15) is 26.0 Å². The molecule has 0 saturated heterocycles. The molecular weight excluding hydrogens is 468 g/mol. The number of benzene rings is 2. The highest BCUT2D eigenvalue weighted by Crippen LogP contribution is 2.39. The van der Waals surface area contributed by atoms with Gasteiger partial charge in [-0.3, -0.25) is 0 Å². The Morgan fingerprint density at radius 1 is 1.09 bits per heavy atom. The van der Waals surface area contributed by atoms with E-state index in [2.05, 4.69) is 4.72 Å². The van der Waals surface area contributed by atoms with E-state index < -0.39 is 39.7 Å². The average molecular weight is 497 g/mol. The molecule has 0 amide bonds. The molecule has 1 fully saturated rings.